The van der Waals surface area contributed by atoms with E-state index in [-0.39, 0.29) is 5.78 Å². The Kier molecular flexibility index (Phi) is 4.35. The predicted molar refractivity (Wildman–Crippen MR) is 88.0 cm³/mol. The summed E-state index contributed by atoms with van der Waals surface area (Å²) in [6.07, 6.45) is 1.93. The third-order valence-electron chi connectivity index (χ3n) is 3.47. The highest BCUT2D eigenvalue weighted by molar-refractivity contribution is 5.93. The van der Waals surface area contributed by atoms with Gasteiger partial charge in [0.1, 0.15) is 0 Å². The number of nitrogens with one attached hydrogen (secondary N) is 1. The Morgan fingerprint density at radius 2 is 1.59 bits per heavy atom. The van der Waals surface area contributed by atoms with Crippen LogP contribution in [-0.4, -0.2) is 12.3 Å². The molecule has 0 aliphatic heterocycles. The Morgan fingerprint density at radius 3 is 2.27 bits per heavy atom. The lowest BCUT2D eigenvalue weighted by Gasteiger charge is -2.07. The van der Waals surface area contributed by atoms with Crippen molar-refractivity contribution in [2.75, 3.05) is 11.9 Å². The molecule has 0 saturated carbocycles. The zero-order valence-corrected chi connectivity index (χ0v) is 12.2. The number of Topliss-reactive ketones (excluding diaryl/α,β-unsaturated/α-hetero) is 1. The molecular weight excluding hydrogens is 274 g/mol. The van der Waals surface area contributed by atoms with Gasteiger partial charge in [0.25, 0.3) is 0 Å². The molecule has 0 bridgehead atoms. The third kappa shape index (κ3) is 3.44. The topological polar surface area (TPSA) is 42.2 Å². The number of furan rings is 1. The molecule has 0 unspecified atom stereocenters. The second-order valence-electron chi connectivity index (χ2n) is 5.02. The van der Waals surface area contributed by atoms with Crippen molar-refractivity contribution < 1.29 is 9.21 Å². The number of benzene rings is 2. The molecule has 0 fully saturated rings. The summed E-state index contributed by atoms with van der Waals surface area (Å²) in [5, 5.41) is 3.25. The number of carbonyl (C=O) groups excluding carboxylic acids is 1. The van der Waals surface area contributed by atoms with Crippen molar-refractivity contribution in [2.24, 2.45) is 0 Å². The number of anilines is 1. The molecule has 0 amide bonds. The molecule has 22 heavy (non-hydrogen) atoms. The molecule has 1 N–H and O–H groups in total. The average Bonchev–Trinajstić information content (AvgIpc) is 3.11. The van der Waals surface area contributed by atoms with Crippen LogP contribution in [0.5, 0.6) is 0 Å². The smallest absolute Gasteiger partial charge is 0.199 e. The summed E-state index contributed by atoms with van der Waals surface area (Å²) >= 11 is 0. The van der Waals surface area contributed by atoms with Crippen molar-refractivity contribution in [2.45, 2.75) is 6.42 Å². The minimum absolute atomic E-state index is 0.0124. The van der Waals surface area contributed by atoms with Crippen LogP contribution < -0.4 is 5.32 Å². The number of rotatable bonds is 6. The van der Waals surface area contributed by atoms with Crippen molar-refractivity contribution in [3.8, 4) is 11.1 Å². The highest BCUT2D eigenvalue weighted by Crippen LogP contribution is 2.21. The van der Waals surface area contributed by atoms with Crippen LogP contribution in [0.1, 0.15) is 17.0 Å². The third-order valence-corrected chi connectivity index (χ3v) is 3.47. The summed E-state index contributed by atoms with van der Waals surface area (Å²) in [5.41, 5.74) is 3.38. The van der Waals surface area contributed by atoms with Gasteiger partial charge < -0.3 is 9.73 Å². The van der Waals surface area contributed by atoms with Crippen LogP contribution in [0.25, 0.3) is 11.1 Å². The van der Waals surface area contributed by atoms with Gasteiger partial charge in [-0.1, -0.05) is 42.5 Å². The zero-order valence-electron chi connectivity index (χ0n) is 12.2. The van der Waals surface area contributed by atoms with Gasteiger partial charge in [0.05, 0.1) is 6.26 Å². The fourth-order valence-corrected chi connectivity index (χ4v) is 2.29. The first-order valence-corrected chi connectivity index (χ1v) is 7.29. The zero-order chi connectivity index (χ0) is 15.2. The normalized spacial score (nSPS) is 10.4. The monoisotopic (exact) mass is 291 g/mol. The van der Waals surface area contributed by atoms with E-state index in [1.54, 1.807) is 12.1 Å². The second kappa shape index (κ2) is 6.76. The molecule has 3 nitrogen and oxygen atoms in total. The Balaban J connectivity index is 1.54. The van der Waals surface area contributed by atoms with E-state index < -0.39 is 0 Å². The van der Waals surface area contributed by atoms with Crippen molar-refractivity contribution >= 4 is 11.5 Å². The lowest BCUT2D eigenvalue weighted by atomic mass is 10.1. The van der Waals surface area contributed by atoms with Gasteiger partial charge in [-0.25, -0.2) is 0 Å². The summed E-state index contributed by atoms with van der Waals surface area (Å²) in [6.45, 7) is 0.588. The van der Waals surface area contributed by atoms with Gasteiger partial charge in [-0.05, 0) is 35.4 Å². The molecular formula is C19H17NO2. The van der Waals surface area contributed by atoms with E-state index in [0.717, 1.165) is 5.69 Å². The summed E-state index contributed by atoms with van der Waals surface area (Å²) < 4.78 is 5.09. The molecule has 0 saturated heterocycles. The van der Waals surface area contributed by atoms with Gasteiger partial charge in [0.2, 0.25) is 0 Å². The molecule has 0 radical (unpaired) electrons. The largest absolute Gasteiger partial charge is 0.461 e. The minimum Gasteiger partial charge on any atom is -0.461 e. The molecule has 0 aliphatic carbocycles. The molecule has 3 heteroatoms. The van der Waals surface area contributed by atoms with Crippen molar-refractivity contribution in [3.05, 3.63) is 78.8 Å². The maximum absolute atomic E-state index is 11.8. The number of hydrogen-bond donors (Lipinski definition) is 1. The Labute approximate surface area is 129 Å². The van der Waals surface area contributed by atoms with E-state index in [1.165, 1.54) is 17.4 Å². The molecule has 3 aromatic rings. The van der Waals surface area contributed by atoms with Gasteiger partial charge in [0, 0.05) is 18.7 Å². The van der Waals surface area contributed by atoms with Gasteiger partial charge in [-0.3, -0.25) is 4.79 Å². The van der Waals surface area contributed by atoms with E-state index in [0.29, 0.717) is 18.7 Å². The average molecular weight is 291 g/mol. The van der Waals surface area contributed by atoms with E-state index >= 15 is 0 Å². The van der Waals surface area contributed by atoms with Crippen molar-refractivity contribution in [1.82, 2.24) is 0 Å². The van der Waals surface area contributed by atoms with E-state index in [1.807, 2.05) is 30.3 Å². The maximum atomic E-state index is 11.8. The molecule has 0 spiro atoms. The molecule has 1 aromatic heterocycles. The standard InChI is InChI=1S/C19H17NO2/c21-18(19-7-4-14-22-19)12-13-20-17-10-8-16(9-11-17)15-5-2-1-3-6-15/h1-11,14,20H,12-13H2. The van der Waals surface area contributed by atoms with Crippen LogP contribution in [0.2, 0.25) is 0 Å². The van der Waals surface area contributed by atoms with Gasteiger partial charge in [-0.15, -0.1) is 0 Å². The predicted octanol–water partition coefficient (Wildman–Crippen LogP) is 4.63. The highest BCUT2D eigenvalue weighted by atomic mass is 16.3. The fourth-order valence-electron chi connectivity index (χ4n) is 2.29. The lowest BCUT2D eigenvalue weighted by molar-refractivity contribution is 0.0960. The summed E-state index contributed by atoms with van der Waals surface area (Å²) in [6, 6.07) is 21.9. The second-order valence-corrected chi connectivity index (χ2v) is 5.02. The van der Waals surface area contributed by atoms with Crippen LogP contribution in [0.4, 0.5) is 5.69 Å². The highest BCUT2D eigenvalue weighted by Gasteiger charge is 2.07. The quantitative estimate of drug-likeness (QED) is 0.673. The molecule has 0 atom stereocenters. The fraction of sp³-hybridized carbons (Fsp3) is 0.105. The van der Waals surface area contributed by atoms with Crippen LogP contribution in [-0.2, 0) is 0 Å². The first-order valence-electron chi connectivity index (χ1n) is 7.29. The van der Waals surface area contributed by atoms with Crippen LogP contribution in [0.3, 0.4) is 0 Å². The van der Waals surface area contributed by atoms with Crippen LogP contribution in [0, 0.1) is 0 Å². The molecule has 0 aliphatic rings. The SMILES string of the molecule is O=C(CCNc1ccc(-c2ccccc2)cc1)c1ccco1. The molecule has 3 rings (SSSR count). The Morgan fingerprint density at radius 1 is 0.864 bits per heavy atom. The first-order chi connectivity index (χ1) is 10.8. The lowest BCUT2D eigenvalue weighted by Crippen LogP contribution is -2.08. The number of hydrogen-bond acceptors (Lipinski definition) is 3. The maximum Gasteiger partial charge on any atom is 0.199 e. The molecule has 110 valence electrons. The van der Waals surface area contributed by atoms with Gasteiger partial charge in [0.15, 0.2) is 11.5 Å². The van der Waals surface area contributed by atoms with E-state index in [4.69, 9.17) is 4.42 Å². The van der Waals surface area contributed by atoms with Gasteiger partial charge >= 0.3 is 0 Å². The number of ketones is 1. The minimum atomic E-state index is 0.0124. The number of carbonyl (C=O) groups is 1. The van der Waals surface area contributed by atoms with Crippen molar-refractivity contribution in [3.63, 3.8) is 0 Å². The van der Waals surface area contributed by atoms with Crippen molar-refractivity contribution in [1.29, 1.82) is 0 Å². The Bertz CT molecular complexity index is 716. The Hall–Kier alpha value is -2.81. The summed E-state index contributed by atoms with van der Waals surface area (Å²) in [7, 11) is 0. The van der Waals surface area contributed by atoms with Crippen LogP contribution >= 0.6 is 0 Å². The van der Waals surface area contributed by atoms with Crippen LogP contribution in [0.15, 0.2) is 77.4 Å². The molecule has 1 heterocycles. The summed E-state index contributed by atoms with van der Waals surface area (Å²) in [4.78, 5) is 11.8. The molecule has 2 aromatic carbocycles. The van der Waals surface area contributed by atoms with E-state index in [2.05, 4.69) is 29.6 Å². The van der Waals surface area contributed by atoms with Gasteiger partial charge in [-0.2, -0.15) is 0 Å². The van der Waals surface area contributed by atoms with E-state index in [9.17, 15) is 4.79 Å². The summed E-state index contributed by atoms with van der Waals surface area (Å²) in [5.74, 6) is 0.430. The first kappa shape index (κ1) is 14.1.